The first-order valence-electron chi connectivity index (χ1n) is 24.8. The van der Waals surface area contributed by atoms with Gasteiger partial charge in [0.2, 0.25) is 0 Å². The molecule has 346 valence electrons. The molecule has 0 spiro atoms. The molecule has 3 aliphatic rings. The molecule has 62 heavy (non-hydrogen) atoms. The number of carbonyl (C=O) groups excluding carboxylic acids is 3. The van der Waals surface area contributed by atoms with Crippen molar-refractivity contribution in [2.75, 3.05) is 36.4 Å². The number of ether oxygens (including phenoxy) is 3. The van der Waals surface area contributed by atoms with Crippen LogP contribution in [0.2, 0.25) is 0 Å². The Morgan fingerprint density at radius 1 is 0.726 bits per heavy atom. The first-order chi connectivity index (χ1) is 30.2. The molecule has 9 heteroatoms. The quantitative estimate of drug-likeness (QED) is 0.0348. The summed E-state index contributed by atoms with van der Waals surface area (Å²) < 4.78 is 17.4. The number of hydrogen-bond donors (Lipinski definition) is 0. The van der Waals surface area contributed by atoms with Gasteiger partial charge in [-0.1, -0.05) is 116 Å². The monoisotopic (exact) mass is 896 g/mol. The highest BCUT2D eigenvalue weighted by Gasteiger charge is 2.56. The van der Waals surface area contributed by atoms with E-state index in [-0.39, 0.29) is 36.5 Å². The Bertz CT molecular complexity index is 1660. The van der Waals surface area contributed by atoms with E-state index in [1.165, 1.54) is 100 Å². The minimum absolute atomic E-state index is 0.0881. The van der Waals surface area contributed by atoms with E-state index < -0.39 is 5.97 Å². The third kappa shape index (κ3) is 15.2. The maximum Gasteiger partial charge on any atom is 0.344 e. The molecule has 3 aliphatic carbocycles. The van der Waals surface area contributed by atoms with Gasteiger partial charge in [0.1, 0.15) is 11.9 Å². The average molecular weight is 897 g/mol. The molecule has 0 unspecified atom stereocenters. The smallest absolute Gasteiger partial charge is 0.344 e. The van der Waals surface area contributed by atoms with Crippen molar-refractivity contribution in [1.82, 2.24) is 0 Å². The van der Waals surface area contributed by atoms with E-state index in [2.05, 4.69) is 62.1 Å². The highest BCUT2D eigenvalue weighted by Crippen LogP contribution is 2.62. The van der Waals surface area contributed by atoms with E-state index >= 15 is 0 Å². The SMILES string of the molecule is CCCCCCCCCCCCCCCCCC(=O)Oc1cc(C)c2c(c1)CC[C@@H]1[C@@H]2CC[C@]2(C)[C@@H](OC(=O)COC(=O)CCCc3ccc(N(CCCl)CCCl)cc3)CC[C@@H]12. The molecule has 2 saturated carbocycles. The summed E-state index contributed by atoms with van der Waals surface area (Å²) in [5, 5.41) is 0. The number of carbonyl (C=O) groups is 3. The molecule has 2 fully saturated rings. The van der Waals surface area contributed by atoms with Crippen LogP contribution in [0, 0.1) is 24.2 Å². The Labute approximate surface area is 385 Å². The van der Waals surface area contributed by atoms with E-state index in [1.807, 2.05) is 0 Å². The molecule has 0 aromatic heterocycles. The maximum absolute atomic E-state index is 13.0. The summed E-state index contributed by atoms with van der Waals surface area (Å²) in [7, 11) is 0. The van der Waals surface area contributed by atoms with E-state index in [1.54, 1.807) is 0 Å². The van der Waals surface area contributed by atoms with Crippen molar-refractivity contribution in [1.29, 1.82) is 0 Å². The fourth-order valence-corrected chi connectivity index (χ4v) is 11.7. The van der Waals surface area contributed by atoms with Crippen LogP contribution in [-0.2, 0) is 36.7 Å². The Kier molecular flexibility index (Phi) is 21.8. The maximum atomic E-state index is 13.0. The molecule has 0 saturated heterocycles. The van der Waals surface area contributed by atoms with Crippen molar-refractivity contribution in [3.8, 4) is 5.75 Å². The lowest BCUT2D eigenvalue weighted by Crippen LogP contribution is -2.45. The number of halogens is 2. The van der Waals surface area contributed by atoms with Gasteiger partial charge in [-0.3, -0.25) is 9.59 Å². The lowest BCUT2D eigenvalue weighted by atomic mass is 9.55. The third-order valence-electron chi connectivity index (χ3n) is 14.6. The summed E-state index contributed by atoms with van der Waals surface area (Å²) in [4.78, 5) is 40.6. The average Bonchev–Trinajstić information content (AvgIpc) is 3.59. The largest absolute Gasteiger partial charge is 0.459 e. The van der Waals surface area contributed by atoms with Gasteiger partial charge < -0.3 is 19.1 Å². The van der Waals surface area contributed by atoms with Gasteiger partial charge in [0.25, 0.3) is 0 Å². The minimum atomic E-state index is -0.451. The zero-order valence-corrected chi connectivity index (χ0v) is 40.2. The Morgan fingerprint density at radius 3 is 1.97 bits per heavy atom. The molecule has 5 rings (SSSR count). The number of anilines is 1. The van der Waals surface area contributed by atoms with Crippen LogP contribution < -0.4 is 9.64 Å². The zero-order valence-electron chi connectivity index (χ0n) is 38.6. The van der Waals surface area contributed by atoms with Crippen molar-refractivity contribution in [2.24, 2.45) is 17.3 Å². The predicted molar refractivity (Wildman–Crippen MR) is 255 cm³/mol. The van der Waals surface area contributed by atoms with E-state index in [4.69, 9.17) is 37.4 Å². The Balaban J connectivity index is 0.971. The number of fused-ring (bicyclic) bond motifs is 5. The first kappa shape index (κ1) is 50.2. The molecule has 0 N–H and O–H groups in total. The molecule has 7 nitrogen and oxygen atoms in total. The van der Waals surface area contributed by atoms with Crippen LogP contribution in [0.3, 0.4) is 0 Å². The topological polar surface area (TPSA) is 82.1 Å². The van der Waals surface area contributed by atoms with Gasteiger partial charge >= 0.3 is 17.9 Å². The summed E-state index contributed by atoms with van der Waals surface area (Å²) in [5.74, 6) is 2.30. The third-order valence-corrected chi connectivity index (χ3v) is 14.9. The van der Waals surface area contributed by atoms with Crippen molar-refractivity contribution in [3.05, 3.63) is 58.7 Å². The molecule has 0 amide bonds. The minimum Gasteiger partial charge on any atom is -0.459 e. The lowest BCUT2D eigenvalue weighted by molar-refractivity contribution is -0.168. The second kappa shape index (κ2) is 26.9. The number of alkyl halides is 2. The van der Waals surface area contributed by atoms with Gasteiger partial charge in [0.15, 0.2) is 6.61 Å². The second-order valence-electron chi connectivity index (χ2n) is 19.0. The van der Waals surface area contributed by atoms with Crippen molar-refractivity contribution in [3.63, 3.8) is 0 Å². The summed E-state index contributed by atoms with van der Waals surface area (Å²) in [5.41, 5.74) is 6.14. The van der Waals surface area contributed by atoms with Crippen molar-refractivity contribution in [2.45, 2.75) is 193 Å². The Morgan fingerprint density at radius 2 is 1.34 bits per heavy atom. The van der Waals surface area contributed by atoms with Gasteiger partial charge in [0.05, 0.1) is 0 Å². The summed E-state index contributed by atoms with van der Waals surface area (Å²) in [6.45, 7) is 7.91. The fraction of sp³-hybridized carbons (Fsp3) is 0.717. The summed E-state index contributed by atoms with van der Waals surface area (Å²) >= 11 is 11.9. The number of aryl methyl sites for hydroxylation is 3. The van der Waals surface area contributed by atoms with Crippen molar-refractivity contribution >= 4 is 46.8 Å². The normalized spacial score (nSPS) is 21.4. The van der Waals surface area contributed by atoms with Gasteiger partial charge in [-0.05, 0) is 129 Å². The molecule has 0 aliphatic heterocycles. The highest BCUT2D eigenvalue weighted by atomic mass is 35.5. The Hall–Kier alpha value is -2.77. The number of unbranched alkanes of at least 4 members (excludes halogenated alkanes) is 14. The lowest BCUT2D eigenvalue weighted by Gasteiger charge is -2.50. The zero-order chi connectivity index (χ0) is 44.2. The van der Waals surface area contributed by atoms with Gasteiger partial charge in [-0.15, -0.1) is 23.2 Å². The second-order valence-corrected chi connectivity index (χ2v) is 19.8. The van der Waals surface area contributed by atoms with Crippen LogP contribution in [0.25, 0.3) is 0 Å². The molecule has 0 radical (unpaired) electrons. The standard InChI is InChI=1S/C53H79Cl2NO6/c1-4-5-6-7-8-9-10-11-12-13-14-15-16-17-18-21-50(58)61-44-37-40(2)52-42(38-44)25-28-45-46(52)31-32-53(3)47(45)29-30-48(53)62-51(59)39-60-49(57)22-19-20-41-23-26-43(27-24-41)56(35-33-54)36-34-55/h23-24,26-27,37-38,45-48H,4-22,25,28-36,39H2,1-3H3/t45-,46+,47+,48+,53+/m1/s1. The summed E-state index contributed by atoms with van der Waals surface area (Å²) in [6.07, 6.45) is 27.6. The van der Waals surface area contributed by atoms with Gasteiger partial charge in [0, 0.05) is 48.8 Å². The van der Waals surface area contributed by atoms with Crippen LogP contribution in [-0.4, -0.2) is 55.5 Å². The molecule has 2 aromatic rings. The predicted octanol–water partition coefficient (Wildman–Crippen LogP) is 13.8. The number of esters is 3. The van der Waals surface area contributed by atoms with Gasteiger partial charge in [-0.25, -0.2) is 4.79 Å². The number of hydrogen-bond acceptors (Lipinski definition) is 7. The van der Waals surface area contributed by atoms with Crippen LogP contribution in [0.5, 0.6) is 5.75 Å². The van der Waals surface area contributed by atoms with Crippen LogP contribution >= 0.6 is 23.2 Å². The molecule has 0 heterocycles. The van der Waals surface area contributed by atoms with Crippen LogP contribution in [0.15, 0.2) is 36.4 Å². The van der Waals surface area contributed by atoms with Crippen LogP contribution in [0.4, 0.5) is 5.69 Å². The number of benzene rings is 2. The van der Waals surface area contributed by atoms with Crippen LogP contribution in [0.1, 0.15) is 190 Å². The molecule has 0 bridgehead atoms. The van der Waals surface area contributed by atoms with Crippen molar-refractivity contribution < 1.29 is 28.6 Å². The van der Waals surface area contributed by atoms with E-state index in [9.17, 15) is 14.4 Å². The first-order valence-corrected chi connectivity index (χ1v) is 25.9. The molecule has 2 aromatic carbocycles. The number of rotatable bonds is 29. The highest BCUT2D eigenvalue weighted by molar-refractivity contribution is 6.18. The number of nitrogens with zero attached hydrogens (tertiary/aromatic N) is 1. The van der Waals surface area contributed by atoms with E-state index in [0.29, 0.717) is 48.1 Å². The summed E-state index contributed by atoms with van der Waals surface area (Å²) in [6, 6.07) is 12.5. The van der Waals surface area contributed by atoms with E-state index in [0.717, 1.165) is 82.1 Å². The molecular formula is C53H79Cl2NO6. The van der Waals surface area contributed by atoms with Gasteiger partial charge in [-0.2, -0.15) is 0 Å². The molecular weight excluding hydrogens is 817 g/mol. The molecule has 5 atom stereocenters. The fourth-order valence-electron chi connectivity index (χ4n) is 11.3.